The van der Waals surface area contributed by atoms with Crippen molar-refractivity contribution in [3.8, 4) is 0 Å². The van der Waals surface area contributed by atoms with Gasteiger partial charge in [0.1, 0.15) is 5.78 Å². The van der Waals surface area contributed by atoms with E-state index in [0.717, 1.165) is 18.8 Å². The minimum atomic E-state index is 0.326. The van der Waals surface area contributed by atoms with E-state index in [4.69, 9.17) is 0 Å². The molecule has 0 aromatic carbocycles. The van der Waals surface area contributed by atoms with Gasteiger partial charge in [0.25, 0.3) is 0 Å². The van der Waals surface area contributed by atoms with E-state index in [1.54, 1.807) is 6.92 Å². The highest BCUT2D eigenvalue weighted by molar-refractivity contribution is 5.75. The Balaban J connectivity index is 2.09. The molecule has 0 N–H and O–H groups in total. The Hall–Kier alpha value is -0.590. The largest absolute Gasteiger partial charge is 0.300 e. The summed E-state index contributed by atoms with van der Waals surface area (Å²) in [4.78, 5) is 10.6. The quantitative estimate of drug-likeness (QED) is 0.547. The van der Waals surface area contributed by atoms with Gasteiger partial charge < -0.3 is 4.79 Å². The smallest absolute Gasteiger partial charge is 0.129 e. The molecule has 1 heteroatoms. The van der Waals surface area contributed by atoms with Crippen molar-refractivity contribution < 1.29 is 4.79 Å². The zero-order chi connectivity index (χ0) is 7.40. The fourth-order valence-electron chi connectivity index (χ4n) is 1.32. The number of rotatable bonds is 3. The number of carbonyl (C=O) groups excluding carboxylic acids is 1. The highest BCUT2D eigenvalue weighted by atomic mass is 16.1. The van der Waals surface area contributed by atoms with Crippen molar-refractivity contribution >= 4 is 5.78 Å². The van der Waals surface area contributed by atoms with Crippen molar-refractivity contribution in [2.24, 2.45) is 5.92 Å². The van der Waals surface area contributed by atoms with E-state index in [1.807, 2.05) is 0 Å². The molecule has 1 aliphatic carbocycles. The molecule has 0 saturated heterocycles. The molecule has 0 unspecified atom stereocenters. The van der Waals surface area contributed by atoms with Gasteiger partial charge in [-0.2, -0.15) is 0 Å². The average Bonchev–Trinajstić information content (AvgIpc) is 2.34. The summed E-state index contributed by atoms with van der Waals surface area (Å²) < 4.78 is 0. The monoisotopic (exact) mass is 138 g/mol. The summed E-state index contributed by atoms with van der Waals surface area (Å²) in [5.74, 6) is 1.09. The van der Waals surface area contributed by atoms with Crippen LogP contribution in [-0.4, -0.2) is 5.78 Å². The Morgan fingerprint density at radius 2 is 2.10 bits per heavy atom. The van der Waals surface area contributed by atoms with Gasteiger partial charge >= 0.3 is 0 Å². The van der Waals surface area contributed by atoms with Crippen LogP contribution < -0.4 is 0 Å². The highest BCUT2D eigenvalue weighted by Gasteiger charge is 2.09. The fourth-order valence-corrected chi connectivity index (χ4v) is 1.32. The molecule has 0 spiro atoms. The molecule has 0 amide bonds. The van der Waals surface area contributed by atoms with Gasteiger partial charge in [0.15, 0.2) is 0 Å². The maximum atomic E-state index is 10.6. The maximum Gasteiger partial charge on any atom is 0.129 e. The lowest BCUT2D eigenvalue weighted by Crippen LogP contribution is -1.97. The Morgan fingerprint density at radius 1 is 1.50 bits per heavy atom. The summed E-state index contributed by atoms with van der Waals surface area (Å²) in [6.07, 6.45) is 8.66. The second kappa shape index (κ2) is 3.55. The van der Waals surface area contributed by atoms with Crippen molar-refractivity contribution in [2.75, 3.05) is 0 Å². The van der Waals surface area contributed by atoms with Crippen LogP contribution in [0.3, 0.4) is 0 Å². The van der Waals surface area contributed by atoms with Gasteiger partial charge in [-0.1, -0.05) is 12.2 Å². The second-order valence-electron chi connectivity index (χ2n) is 3.05. The van der Waals surface area contributed by atoms with E-state index in [2.05, 4.69) is 12.2 Å². The van der Waals surface area contributed by atoms with E-state index in [-0.39, 0.29) is 0 Å². The molecule has 0 atom stereocenters. The van der Waals surface area contributed by atoms with Gasteiger partial charge in [-0.3, -0.25) is 0 Å². The second-order valence-corrected chi connectivity index (χ2v) is 3.05. The van der Waals surface area contributed by atoms with Crippen LogP contribution in [-0.2, 0) is 4.79 Å². The van der Waals surface area contributed by atoms with E-state index < -0.39 is 0 Å². The summed E-state index contributed by atoms with van der Waals surface area (Å²) in [5.41, 5.74) is 0. The summed E-state index contributed by atoms with van der Waals surface area (Å²) in [6.45, 7) is 1.67. The third kappa shape index (κ3) is 2.34. The summed E-state index contributed by atoms with van der Waals surface area (Å²) >= 11 is 0. The van der Waals surface area contributed by atoms with Gasteiger partial charge in [0.05, 0.1) is 0 Å². The third-order valence-corrected chi connectivity index (χ3v) is 2.01. The van der Waals surface area contributed by atoms with E-state index in [9.17, 15) is 4.79 Å². The summed E-state index contributed by atoms with van der Waals surface area (Å²) in [7, 11) is 0. The lowest BCUT2D eigenvalue weighted by atomic mass is 10.00. The summed E-state index contributed by atoms with van der Waals surface area (Å²) in [5, 5.41) is 0. The van der Waals surface area contributed by atoms with E-state index in [0.29, 0.717) is 5.78 Å². The fraction of sp³-hybridized carbons (Fsp3) is 0.667. The van der Waals surface area contributed by atoms with Gasteiger partial charge in [0.2, 0.25) is 0 Å². The topological polar surface area (TPSA) is 17.1 Å². The minimum absolute atomic E-state index is 0.326. The van der Waals surface area contributed by atoms with Crippen LogP contribution in [0.15, 0.2) is 12.2 Å². The van der Waals surface area contributed by atoms with Crippen molar-refractivity contribution in [3.63, 3.8) is 0 Å². The first-order valence-corrected chi connectivity index (χ1v) is 3.93. The molecule has 0 aliphatic heterocycles. The zero-order valence-corrected chi connectivity index (χ0v) is 6.47. The Bertz CT molecular complexity index is 139. The van der Waals surface area contributed by atoms with Crippen molar-refractivity contribution in [3.05, 3.63) is 12.2 Å². The van der Waals surface area contributed by atoms with Crippen LogP contribution in [0.2, 0.25) is 0 Å². The SMILES string of the molecule is CC(=O)CCC1CC=CC1. The zero-order valence-electron chi connectivity index (χ0n) is 6.47. The van der Waals surface area contributed by atoms with Crippen LogP contribution >= 0.6 is 0 Å². The average molecular weight is 138 g/mol. The molecule has 0 aromatic rings. The molecule has 0 heterocycles. The normalized spacial score (nSPS) is 18.1. The van der Waals surface area contributed by atoms with Gasteiger partial charge in [0, 0.05) is 6.42 Å². The first-order chi connectivity index (χ1) is 4.79. The predicted molar refractivity (Wildman–Crippen MR) is 41.8 cm³/mol. The first kappa shape index (κ1) is 7.52. The molecular weight excluding hydrogens is 124 g/mol. The number of hydrogen-bond donors (Lipinski definition) is 0. The molecule has 0 radical (unpaired) electrons. The molecule has 0 fully saturated rings. The Labute approximate surface area is 62.1 Å². The minimum Gasteiger partial charge on any atom is -0.300 e. The molecular formula is C9H14O. The Morgan fingerprint density at radius 3 is 2.60 bits per heavy atom. The molecule has 0 aromatic heterocycles. The summed E-state index contributed by atoms with van der Waals surface area (Å²) in [6, 6.07) is 0. The highest BCUT2D eigenvalue weighted by Crippen LogP contribution is 2.22. The number of carbonyl (C=O) groups is 1. The molecule has 1 aliphatic rings. The lowest BCUT2D eigenvalue weighted by Gasteiger charge is -2.05. The van der Waals surface area contributed by atoms with Crippen molar-refractivity contribution in [2.45, 2.75) is 32.6 Å². The van der Waals surface area contributed by atoms with Crippen LogP contribution in [0.5, 0.6) is 0 Å². The number of Topliss-reactive ketones (excluding diaryl/α,β-unsaturated/α-hetero) is 1. The first-order valence-electron chi connectivity index (χ1n) is 3.93. The number of ketones is 1. The van der Waals surface area contributed by atoms with Gasteiger partial charge in [-0.15, -0.1) is 0 Å². The molecule has 0 saturated carbocycles. The lowest BCUT2D eigenvalue weighted by molar-refractivity contribution is -0.117. The van der Waals surface area contributed by atoms with E-state index >= 15 is 0 Å². The van der Waals surface area contributed by atoms with Crippen molar-refractivity contribution in [1.29, 1.82) is 0 Å². The maximum absolute atomic E-state index is 10.6. The van der Waals surface area contributed by atoms with Crippen molar-refractivity contribution in [1.82, 2.24) is 0 Å². The van der Waals surface area contributed by atoms with Crippen LogP contribution in [0.4, 0.5) is 0 Å². The number of hydrogen-bond acceptors (Lipinski definition) is 1. The van der Waals surface area contributed by atoms with Gasteiger partial charge in [-0.25, -0.2) is 0 Å². The molecule has 0 bridgehead atoms. The van der Waals surface area contributed by atoms with Crippen LogP contribution in [0, 0.1) is 5.92 Å². The van der Waals surface area contributed by atoms with Gasteiger partial charge in [-0.05, 0) is 32.1 Å². The molecule has 10 heavy (non-hydrogen) atoms. The van der Waals surface area contributed by atoms with E-state index in [1.165, 1.54) is 12.8 Å². The molecule has 1 rings (SSSR count). The number of allylic oxidation sites excluding steroid dienone is 2. The van der Waals surface area contributed by atoms with Crippen LogP contribution in [0.1, 0.15) is 32.6 Å². The Kier molecular flexibility index (Phi) is 2.67. The standard InChI is InChI=1S/C9H14O/c1-8(10)6-7-9-4-2-3-5-9/h2-3,9H,4-7H2,1H3. The molecule has 56 valence electrons. The third-order valence-electron chi connectivity index (χ3n) is 2.01. The predicted octanol–water partition coefficient (Wildman–Crippen LogP) is 2.32. The van der Waals surface area contributed by atoms with Crippen LogP contribution in [0.25, 0.3) is 0 Å². The molecule has 1 nitrogen and oxygen atoms in total.